The maximum absolute atomic E-state index is 2.55. The van der Waals surface area contributed by atoms with Crippen molar-refractivity contribution in [3.05, 3.63) is 216 Å². The first-order chi connectivity index (χ1) is 26.3. The lowest BCUT2D eigenvalue weighted by Gasteiger charge is -2.31. The van der Waals surface area contributed by atoms with Crippen LogP contribution >= 0.6 is 0 Å². The Morgan fingerprint density at radius 2 is 0.717 bits per heavy atom. The second-order valence-corrected chi connectivity index (χ2v) is 14.7. The zero-order valence-electron chi connectivity index (χ0n) is 29.0. The molecule has 10 aromatic carbocycles. The van der Waals surface area contributed by atoms with E-state index < -0.39 is 5.41 Å². The van der Waals surface area contributed by atoms with Gasteiger partial charge < -0.3 is 0 Å². The Hall–Kier alpha value is -6.76. The molecule has 0 unspecified atom stereocenters. The molecule has 2 aliphatic rings. The first-order valence-corrected chi connectivity index (χ1v) is 18.6. The van der Waals surface area contributed by atoms with E-state index in [-0.39, 0.29) is 0 Å². The van der Waals surface area contributed by atoms with Crippen LogP contribution in [-0.4, -0.2) is 0 Å². The van der Waals surface area contributed by atoms with E-state index in [9.17, 15) is 0 Å². The number of hydrogen-bond donors (Lipinski definition) is 0. The Balaban J connectivity index is 1.20. The lowest BCUT2D eigenvalue weighted by molar-refractivity contribution is 0.795. The lowest BCUT2D eigenvalue weighted by atomic mass is 9.70. The summed E-state index contributed by atoms with van der Waals surface area (Å²) in [5, 5.41) is 10.2. The standard InChI is InChI=1S/C53H32/c1-2-15-35-31-36(26-25-33(35)13-1)50-41-19-5-7-21-43(41)51(44-22-8-6-20-42(44)50)37-27-29-45-49(32-37)53(48-30-28-34-14-3-4-16-38(34)52(45)48)46-23-11-9-17-39(46)40-18-10-12-24-47(40)53/h1-32H. The second kappa shape index (κ2) is 10.6. The van der Waals surface area contributed by atoms with Gasteiger partial charge in [0.15, 0.2) is 0 Å². The van der Waals surface area contributed by atoms with E-state index in [1.54, 1.807) is 0 Å². The minimum absolute atomic E-state index is 0.422. The molecule has 0 bridgehead atoms. The summed E-state index contributed by atoms with van der Waals surface area (Å²) in [6, 6.07) is 72.9. The molecule has 12 rings (SSSR count). The van der Waals surface area contributed by atoms with Gasteiger partial charge in [0, 0.05) is 0 Å². The monoisotopic (exact) mass is 668 g/mol. The fourth-order valence-corrected chi connectivity index (χ4v) is 10.2. The molecule has 53 heavy (non-hydrogen) atoms. The summed E-state index contributed by atoms with van der Waals surface area (Å²) in [6.45, 7) is 0. The Labute approximate surface area is 308 Å². The average molecular weight is 669 g/mol. The van der Waals surface area contributed by atoms with Gasteiger partial charge in [0.2, 0.25) is 0 Å². The van der Waals surface area contributed by atoms with Crippen molar-refractivity contribution in [2.24, 2.45) is 0 Å². The van der Waals surface area contributed by atoms with Gasteiger partial charge >= 0.3 is 0 Å². The zero-order valence-corrected chi connectivity index (χ0v) is 29.0. The summed E-state index contributed by atoms with van der Waals surface area (Å²) < 4.78 is 0. The summed E-state index contributed by atoms with van der Waals surface area (Å²) in [5.41, 5.74) is 15.5. The summed E-state index contributed by atoms with van der Waals surface area (Å²) in [7, 11) is 0. The van der Waals surface area contributed by atoms with E-state index in [0.29, 0.717) is 0 Å². The maximum Gasteiger partial charge on any atom is 0.0725 e. The molecule has 0 nitrogen and oxygen atoms in total. The van der Waals surface area contributed by atoms with Crippen molar-refractivity contribution in [2.45, 2.75) is 5.41 Å². The van der Waals surface area contributed by atoms with Gasteiger partial charge in [-0.05, 0) is 122 Å². The van der Waals surface area contributed by atoms with Crippen molar-refractivity contribution in [3.8, 4) is 44.5 Å². The molecular formula is C53H32. The highest BCUT2D eigenvalue weighted by Gasteiger charge is 2.52. The van der Waals surface area contributed by atoms with E-state index in [1.807, 2.05) is 0 Å². The van der Waals surface area contributed by atoms with Gasteiger partial charge in [0.1, 0.15) is 0 Å². The molecule has 0 amide bonds. The topological polar surface area (TPSA) is 0 Å². The third-order valence-electron chi connectivity index (χ3n) is 12.2. The molecule has 0 fully saturated rings. The first-order valence-electron chi connectivity index (χ1n) is 18.6. The largest absolute Gasteiger partial charge is 0.0725 e. The van der Waals surface area contributed by atoms with Gasteiger partial charge in [-0.15, -0.1) is 0 Å². The van der Waals surface area contributed by atoms with Gasteiger partial charge in [-0.3, -0.25) is 0 Å². The summed E-state index contributed by atoms with van der Waals surface area (Å²) in [6.07, 6.45) is 0. The Kier molecular flexibility index (Phi) is 5.80. The minimum Gasteiger partial charge on any atom is -0.0619 e. The predicted molar refractivity (Wildman–Crippen MR) is 224 cm³/mol. The van der Waals surface area contributed by atoms with Crippen LogP contribution in [0.3, 0.4) is 0 Å². The molecule has 0 aromatic heterocycles. The molecule has 0 aliphatic heterocycles. The van der Waals surface area contributed by atoms with Crippen molar-refractivity contribution < 1.29 is 0 Å². The lowest BCUT2D eigenvalue weighted by Crippen LogP contribution is -2.25. The van der Waals surface area contributed by atoms with Crippen LogP contribution in [0, 0.1) is 0 Å². The molecule has 0 radical (unpaired) electrons. The van der Waals surface area contributed by atoms with Crippen LogP contribution in [-0.2, 0) is 5.41 Å². The van der Waals surface area contributed by atoms with Crippen molar-refractivity contribution in [1.29, 1.82) is 0 Å². The van der Waals surface area contributed by atoms with Crippen LogP contribution in [0.25, 0.3) is 87.6 Å². The normalized spacial score (nSPS) is 13.4. The third-order valence-corrected chi connectivity index (χ3v) is 12.2. The maximum atomic E-state index is 2.55. The van der Waals surface area contributed by atoms with Crippen LogP contribution in [0.2, 0.25) is 0 Å². The molecular weight excluding hydrogens is 637 g/mol. The van der Waals surface area contributed by atoms with E-state index in [4.69, 9.17) is 0 Å². The molecule has 0 heterocycles. The van der Waals surface area contributed by atoms with Gasteiger partial charge in [-0.25, -0.2) is 0 Å². The van der Waals surface area contributed by atoms with E-state index in [1.165, 1.54) is 110 Å². The molecule has 1 spiro atoms. The molecule has 244 valence electrons. The molecule has 10 aromatic rings. The first kappa shape index (κ1) is 28.9. The predicted octanol–water partition coefficient (Wildman–Crippen LogP) is 14.0. The Bertz CT molecular complexity index is 3080. The fraction of sp³-hybridized carbons (Fsp3) is 0.0189. The van der Waals surface area contributed by atoms with Crippen LogP contribution < -0.4 is 0 Å². The molecule has 2 aliphatic carbocycles. The summed E-state index contributed by atoms with van der Waals surface area (Å²) >= 11 is 0. The van der Waals surface area contributed by atoms with Gasteiger partial charge in [-0.2, -0.15) is 0 Å². The highest BCUT2D eigenvalue weighted by Crippen LogP contribution is 2.64. The number of rotatable bonds is 2. The Morgan fingerprint density at radius 3 is 1.36 bits per heavy atom. The highest BCUT2D eigenvalue weighted by molar-refractivity contribution is 6.22. The average Bonchev–Trinajstić information content (AvgIpc) is 3.70. The van der Waals surface area contributed by atoms with Crippen LogP contribution in [0.15, 0.2) is 194 Å². The molecule has 0 atom stereocenters. The number of hydrogen-bond acceptors (Lipinski definition) is 0. The van der Waals surface area contributed by atoms with Gasteiger partial charge in [0.25, 0.3) is 0 Å². The number of fused-ring (bicyclic) bond motifs is 15. The van der Waals surface area contributed by atoms with E-state index in [2.05, 4.69) is 194 Å². The Morgan fingerprint density at radius 1 is 0.245 bits per heavy atom. The fourth-order valence-electron chi connectivity index (χ4n) is 10.2. The second-order valence-electron chi connectivity index (χ2n) is 14.7. The SMILES string of the molecule is c1ccc2c(c1)-c1ccccc1C21c2cc(-c3c4ccccc4c(-c4ccc5ccccc5c4)c4ccccc34)ccc2-c2c1ccc1ccccc21. The summed E-state index contributed by atoms with van der Waals surface area (Å²) in [5.74, 6) is 0. The highest BCUT2D eigenvalue weighted by atomic mass is 14.5. The summed E-state index contributed by atoms with van der Waals surface area (Å²) in [4.78, 5) is 0. The van der Waals surface area contributed by atoms with Gasteiger partial charge in [-0.1, -0.05) is 182 Å². The van der Waals surface area contributed by atoms with Crippen molar-refractivity contribution in [3.63, 3.8) is 0 Å². The number of benzene rings is 10. The van der Waals surface area contributed by atoms with E-state index >= 15 is 0 Å². The molecule has 0 saturated heterocycles. The van der Waals surface area contributed by atoms with Crippen molar-refractivity contribution >= 4 is 43.1 Å². The molecule has 0 heteroatoms. The van der Waals surface area contributed by atoms with Crippen LogP contribution in [0.1, 0.15) is 22.3 Å². The van der Waals surface area contributed by atoms with Crippen molar-refractivity contribution in [2.75, 3.05) is 0 Å². The van der Waals surface area contributed by atoms with Crippen LogP contribution in [0.5, 0.6) is 0 Å². The van der Waals surface area contributed by atoms with E-state index in [0.717, 1.165) is 0 Å². The zero-order chi connectivity index (χ0) is 34.7. The van der Waals surface area contributed by atoms with Crippen LogP contribution in [0.4, 0.5) is 0 Å². The minimum atomic E-state index is -0.422. The smallest absolute Gasteiger partial charge is 0.0619 e. The molecule has 0 saturated carbocycles. The molecule has 0 N–H and O–H groups in total. The third kappa shape index (κ3) is 3.75. The van der Waals surface area contributed by atoms with Gasteiger partial charge in [0.05, 0.1) is 5.41 Å². The quantitative estimate of drug-likeness (QED) is 0.161. The van der Waals surface area contributed by atoms with Crippen molar-refractivity contribution in [1.82, 2.24) is 0 Å².